The highest BCUT2D eigenvalue weighted by molar-refractivity contribution is 9.10. The predicted molar refractivity (Wildman–Crippen MR) is 150 cm³/mol. The third-order valence-electron chi connectivity index (χ3n) is 6.84. The molecule has 0 aliphatic carbocycles. The van der Waals surface area contributed by atoms with E-state index in [0.717, 1.165) is 24.1 Å². The van der Waals surface area contributed by atoms with Gasteiger partial charge in [-0.3, -0.25) is 14.4 Å². The molecule has 0 saturated carbocycles. The molecule has 4 rings (SSSR count). The highest BCUT2D eigenvalue weighted by Gasteiger charge is 2.25. The van der Waals surface area contributed by atoms with Crippen LogP contribution in [0.5, 0.6) is 0 Å². The third-order valence-corrected chi connectivity index (χ3v) is 7.48. The van der Waals surface area contributed by atoms with Crippen LogP contribution >= 0.6 is 15.9 Å². The van der Waals surface area contributed by atoms with Gasteiger partial charge in [-0.2, -0.15) is 0 Å². The van der Waals surface area contributed by atoms with Crippen LogP contribution in [-0.4, -0.2) is 54.7 Å². The van der Waals surface area contributed by atoms with Crippen LogP contribution in [0.3, 0.4) is 0 Å². The first-order valence-electron chi connectivity index (χ1n) is 12.7. The number of hydrogen-bond donors (Lipinski definition) is 1. The molecule has 0 radical (unpaired) electrons. The molecule has 0 atom stereocenters. The van der Waals surface area contributed by atoms with E-state index in [9.17, 15) is 18.8 Å². The number of carbonyl (C=O) groups excluding carboxylic acids is 3. The maximum Gasteiger partial charge on any atom is 0.253 e. The molecule has 1 fully saturated rings. The number of piperidine rings is 1. The van der Waals surface area contributed by atoms with Crippen molar-refractivity contribution in [2.75, 3.05) is 32.5 Å². The van der Waals surface area contributed by atoms with Gasteiger partial charge in [0.15, 0.2) is 0 Å². The van der Waals surface area contributed by atoms with Crippen molar-refractivity contribution in [2.45, 2.75) is 31.6 Å². The quantitative estimate of drug-likeness (QED) is 0.380. The molecular weight excluding hydrogens is 549 g/mol. The van der Waals surface area contributed by atoms with E-state index in [4.69, 9.17) is 0 Å². The highest BCUT2D eigenvalue weighted by atomic mass is 79.9. The van der Waals surface area contributed by atoms with Gasteiger partial charge < -0.3 is 15.1 Å². The molecule has 3 amide bonds. The van der Waals surface area contributed by atoms with Crippen molar-refractivity contribution < 1.29 is 18.8 Å². The van der Waals surface area contributed by atoms with E-state index in [-0.39, 0.29) is 30.0 Å². The predicted octanol–water partition coefficient (Wildman–Crippen LogP) is 5.88. The molecule has 0 unspecified atom stereocenters. The smallest absolute Gasteiger partial charge is 0.253 e. The number of nitrogens with zero attached hydrogens (tertiary/aromatic N) is 2. The normalized spacial score (nSPS) is 13.7. The first kappa shape index (κ1) is 27.5. The van der Waals surface area contributed by atoms with Gasteiger partial charge in [-0.05, 0) is 94.7 Å². The van der Waals surface area contributed by atoms with Crippen molar-refractivity contribution in [3.8, 4) is 0 Å². The Morgan fingerprint density at radius 3 is 2.32 bits per heavy atom. The van der Waals surface area contributed by atoms with Crippen LogP contribution in [0.4, 0.5) is 10.1 Å². The lowest BCUT2D eigenvalue weighted by atomic mass is 9.89. The van der Waals surface area contributed by atoms with Crippen LogP contribution in [0.2, 0.25) is 0 Å². The van der Waals surface area contributed by atoms with Crippen molar-refractivity contribution in [1.29, 1.82) is 0 Å². The zero-order valence-corrected chi connectivity index (χ0v) is 23.1. The average Bonchev–Trinajstić information content (AvgIpc) is 2.93. The molecule has 1 N–H and O–H groups in total. The number of anilines is 1. The molecule has 3 aromatic carbocycles. The number of aryl methyl sites for hydroxylation is 1. The largest absolute Gasteiger partial charge is 0.345 e. The molecular formula is C30H31BrFN3O3. The van der Waals surface area contributed by atoms with E-state index in [1.807, 2.05) is 29.2 Å². The highest BCUT2D eigenvalue weighted by Crippen LogP contribution is 2.29. The Morgan fingerprint density at radius 2 is 1.66 bits per heavy atom. The van der Waals surface area contributed by atoms with E-state index in [1.54, 1.807) is 50.5 Å². The summed E-state index contributed by atoms with van der Waals surface area (Å²) in [6.07, 6.45) is 2.41. The van der Waals surface area contributed by atoms with Gasteiger partial charge in [-0.15, -0.1) is 0 Å². The molecule has 0 spiro atoms. The summed E-state index contributed by atoms with van der Waals surface area (Å²) >= 11 is 3.13. The molecule has 1 aliphatic heterocycles. The Kier molecular flexibility index (Phi) is 8.94. The standard InChI is InChI=1S/C30H31BrFN3O3/c1-34(2)29(37)23-4-3-5-24(19-23)30(38)35-16-14-22(15-17-35)21-8-10-25(11-9-21)33-28(36)13-7-20-6-12-26(31)27(32)18-20/h3-6,8-12,18-19,22H,7,13-17H2,1-2H3,(H,33,36). The Morgan fingerprint density at radius 1 is 0.974 bits per heavy atom. The Labute approximate surface area is 231 Å². The first-order valence-corrected chi connectivity index (χ1v) is 13.5. The van der Waals surface area contributed by atoms with Gasteiger partial charge in [-0.1, -0.05) is 24.3 Å². The van der Waals surface area contributed by atoms with Crippen LogP contribution < -0.4 is 5.32 Å². The fraction of sp³-hybridized carbons (Fsp3) is 0.300. The third kappa shape index (κ3) is 6.86. The zero-order valence-electron chi connectivity index (χ0n) is 21.5. The fourth-order valence-corrected chi connectivity index (χ4v) is 4.90. The Balaban J connectivity index is 1.27. The lowest BCUT2D eigenvalue weighted by Crippen LogP contribution is -2.38. The minimum atomic E-state index is -0.334. The van der Waals surface area contributed by atoms with E-state index in [0.29, 0.717) is 41.0 Å². The van der Waals surface area contributed by atoms with E-state index >= 15 is 0 Å². The second-order valence-corrected chi connectivity index (χ2v) is 10.6. The lowest BCUT2D eigenvalue weighted by molar-refractivity contribution is -0.116. The number of benzene rings is 3. The summed E-state index contributed by atoms with van der Waals surface area (Å²) in [5, 5.41) is 2.91. The number of halogens is 2. The minimum Gasteiger partial charge on any atom is -0.345 e. The second-order valence-electron chi connectivity index (χ2n) is 9.77. The van der Waals surface area contributed by atoms with Gasteiger partial charge in [0.2, 0.25) is 5.91 Å². The molecule has 8 heteroatoms. The number of nitrogens with one attached hydrogen (secondary N) is 1. The van der Waals surface area contributed by atoms with Gasteiger partial charge in [0, 0.05) is 50.4 Å². The maximum atomic E-state index is 13.7. The summed E-state index contributed by atoms with van der Waals surface area (Å²) in [4.78, 5) is 41.0. The summed E-state index contributed by atoms with van der Waals surface area (Å²) in [7, 11) is 3.38. The molecule has 198 valence electrons. The van der Waals surface area contributed by atoms with Crippen LogP contribution in [0.1, 0.15) is 57.0 Å². The van der Waals surface area contributed by atoms with Crippen LogP contribution in [0.25, 0.3) is 0 Å². The van der Waals surface area contributed by atoms with Crippen molar-refractivity contribution in [1.82, 2.24) is 9.80 Å². The monoisotopic (exact) mass is 579 g/mol. The molecule has 6 nitrogen and oxygen atoms in total. The number of hydrogen-bond acceptors (Lipinski definition) is 3. The number of carbonyl (C=O) groups is 3. The summed E-state index contributed by atoms with van der Waals surface area (Å²) in [6.45, 7) is 1.29. The van der Waals surface area contributed by atoms with Gasteiger partial charge in [0.25, 0.3) is 11.8 Å². The first-order chi connectivity index (χ1) is 18.2. The topological polar surface area (TPSA) is 69.7 Å². The van der Waals surface area contributed by atoms with Crippen molar-refractivity contribution >= 4 is 39.3 Å². The SMILES string of the molecule is CN(C)C(=O)c1cccc(C(=O)N2CCC(c3ccc(NC(=O)CCc4ccc(Br)c(F)c4)cc3)CC2)c1. The summed E-state index contributed by atoms with van der Waals surface area (Å²) in [5.74, 6) is -0.305. The molecule has 1 saturated heterocycles. The summed E-state index contributed by atoms with van der Waals surface area (Å²) in [5.41, 5.74) is 3.71. The summed E-state index contributed by atoms with van der Waals surface area (Å²) < 4.78 is 14.1. The van der Waals surface area contributed by atoms with Gasteiger partial charge in [0.1, 0.15) is 5.82 Å². The molecule has 0 bridgehead atoms. The van der Waals surface area contributed by atoms with Crippen molar-refractivity contribution in [3.63, 3.8) is 0 Å². The average molecular weight is 580 g/mol. The van der Waals surface area contributed by atoms with E-state index in [2.05, 4.69) is 21.2 Å². The minimum absolute atomic E-state index is 0.0548. The van der Waals surface area contributed by atoms with Gasteiger partial charge in [-0.25, -0.2) is 4.39 Å². The van der Waals surface area contributed by atoms with Crippen molar-refractivity contribution in [2.24, 2.45) is 0 Å². The van der Waals surface area contributed by atoms with Crippen LogP contribution in [-0.2, 0) is 11.2 Å². The number of rotatable bonds is 7. The molecule has 1 heterocycles. The van der Waals surface area contributed by atoms with E-state index in [1.165, 1.54) is 16.5 Å². The Hall–Kier alpha value is -3.52. The van der Waals surface area contributed by atoms with Crippen LogP contribution in [0, 0.1) is 5.82 Å². The van der Waals surface area contributed by atoms with Gasteiger partial charge >= 0.3 is 0 Å². The Bertz CT molecular complexity index is 1320. The molecule has 38 heavy (non-hydrogen) atoms. The van der Waals surface area contributed by atoms with E-state index < -0.39 is 0 Å². The van der Waals surface area contributed by atoms with Crippen LogP contribution in [0.15, 0.2) is 71.2 Å². The lowest BCUT2D eigenvalue weighted by Gasteiger charge is -2.32. The molecule has 0 aromatic heterocycles. The fourth-order valence-electron chi connectivity index (χ4n) is 4.66. The second kappa shape index (κ2) is 12.3. The number of amides is 3. The summed E-state index contributed by atoms with van der Waals surface area (Å²) in [6, 6.07) is 19.6. The van der Waals surface area contributed by atoms with Crippen molar-refractivity contribution in [3.05, 3.63) is 99.3 Å². The number of likely N-dealkylation sites (tertiary alicyclic amines) is 1. The van der Waals surface area contributed by atoms with Gasteiger partial charge in [0.05, 0.1) is 4.47 Å². The maximum absolute atomic E-state index is 13.7. The molecule has 1 aliphatic rings. The molecule has 3 aromatic rings. The zero-order chi connectivity index (χ0) is 27.2.